The first-order valence-corrected chi connectivity index (χ1v) is 18.8. The number of carbonyl (C=O) groups excluding carboxylic acids is 2. The number of nitrogens with zero attached hydrogens (tertiary/aromatic N) is 2. The van der Waals surface area contributed by atoms with Crippen LogP contribution in [0.1, 0.15) is 59.4 Å². The molecule has 4 aliphatic rings. The van der Waals surface area contributed by atoms with E-state index in [9.17, 15) is 9.59 Å². The van der Waals surface area contributed by atoms with Crippen LogP contribution in [0.5, 0.6) is 5.75 Å². The molecular weight excluding hydrogens is 709 g/mol. The Morgan fingerprint density at radius 1 is 0.982 bits per heavy atom. The third kappa shape index (κ3) is 4.58. The van der Waals surface area contributed by atoms with Gasteiger partial charge in [-0.05, 0) is 41.2 Å². The second-order valence-corrected chi connectivity index (χ2v) is 15.3. The molecule has 56 heavy (non-hydrogen) atoms. The zero-order valence-electron chi connectivity index (χ0n) is 30.7. The number of carbonyl (C=O) groups is 2. The standard InChI is InChI=1S/C44H36N6O6/c1-21(2)34-41-49-37-38(56-41)44-28-11-7-10-26(25-14-12-22(3)35-33(25)27(18-45-35)32-19-46-40(37)54-32)36(28)50-42(44)55-31-15-13-24(16-29(31)44)17-30(39(51)48-34)47-43(52)53-20-23-8-5-4-6-9-23/h4-16,18-19,21,30,34,42,45,50H,17,20H2,1-3H3,(H,47,52)(H,48,51)/t30-,34-,42?,44-/m0/s1. The molecule has 4 aromatic carbocycles. The van der Waals surface area contributed by atoms with E-state index in [1.807, 2.05) is 68.6 Å². The number of hydrogen-bond acceptors (Lipinski definition) is 9. The van der Waals surface area contributed by atoms with Gasteiger partial charge in [-0.1, -0.05) is 86.6 Å². The summed E-state index contributed by atoms with van der Waals surface area (Å²) in [6, 6.07) is 24.2. The summed E-state index contributed by atoms with van der Waals surface area (Å²) in [6.07, 6.45) is 2.53. The van der Waals surface area contributed by atoms with Crippen LogP contribution in [0.25, 0.3) is 44.9 Å². The molecule has 7 heterocycles. The minimum Gasteiger partial charge on any atom is -0.469 e. The minimum atomic E-state index is -1.06. The molecule has 0 fully saturated rings. The van der Waals surface area contributed by atoms with Crippen LogP contribution in [0.3, 0.4) is 0 Å². The number of alkyl carbamates (subject to hydrolysis) is 1. The van der Waals surface area contributed by atoms with Crippen LogP contribution in [0.15, 0.2) is 100 Å². The normalized spacial score (nSPS) is 21.0. The van der Waals surface area contributed by atoms with Gasteiger partial charge in [-0.2, -0.15) is 0 Å². The van der Waals surface area contributed by atoms with Gasteiger partial charge in [0, 0.05) is 51.5 Å². The maximum atomic E-state index is 14.3. The Balaban J connectivity index is 1.14. The van der Waals surface area contributed by atoms with Gasteiger partial charge < -0.3 is 39.2 Å². The van der Waals surface area contributed by atoms with Crippen molar-refractivity contribution >= 4 is 28.6 Å². The number of oxazole rings is 2. The highest BCUT2D eigenvalue weighted by molar-refractivity contribution is 6.08. The molecule has 7 aromatic rings. The molecule has 4 aliphatic heterocycles. The molecule has 3 aromatic heterocycles. The fourth-order valence-electron chi connectivity index (χ4n) is 8.97. The van der Waals surface area contributed by atoms with E-state index in [1.165, 1.54) is 0 Å². The lowest BCUT2D eigenvalue weighted by Crippen LogP contribution is -2.49. The SMILES string of the molecule is Cc1ccc2c3c(c[nH]c13)-c1cnc(o1)-c1nc3oc1[C@]14c5cc(ccc5OC1Nc1c-2cccc14)C[C@H](NC(=O)OCc1ccccc1)C(=O)N[C@H]3C(C)C. The molecule has 11 rings (SSSR count). The molecule has 4 atom stereocenters. The minimum absolute atomic E-state index is 0.0632. The number of ether oxygens (including phenoxy) is 2. The van der Waals surface area contributed by atoms with Crippen LogP contribution < -0.4 is 20.7 Å². The predicted molar refractivity (Wildman–Crippen MR) is 207 cm³/mol. The average molecular weight is 745 g/mol. The quantitative estimate of drug-likeness (QED) is 0.141. The number of fused-ring (bicyclic) bond motifs is 7. The van der Waals surface area contributed by atoms with E-state index in [2.05, 4.69) is 58.2 Å². The molecule has 0 aliphatic carbocycles. The number of para-hydroxylation sites is 1. The fourth-order valence-corrected chi connectivity index (χ4v) is 8.97. The molecule has 12 nitrogen and oxygen atoms in total. The Morgan fingerprint density at radius 2 is 1.86 bits per heavy atom. The smallest absolute Gasteiger partial charge is 0.408 e. The van der Waals surface area contributed by atoms with Gasteiger partial charge in [-0.25, -0.2) is 14.8 Å². The first kappa shape index (κ1) is 32.6. The Labute approximate surface area is 320 Å². The van der Waals surface area contributed by atoms with E-state index in [4.69, 9.17) is 28.3 Å². The second-order valence-electron chi connectivity index (χ2n) is 15.3. The lowest BCUT2D eigenvalue weighted by Gasteiger charge is -2.28. The van der Waals surface area contributed by atoms with Gasteiger partial charge in [0.15, 0.2) is 23.4 Å². The molecule has 0 radical (unpaired) electrons. The Morgan fingerprint density at radius 3 is 2.71 bits per heavy atom. The fraction of sp³-hybridized carbons (Fsp3) is 0.227. The van der Waals surface area contributed by atoms with Crippen LogP contribution in [0, 0.1) is 12.8 Å². The molecule has 278 valence electrons. The number of amides is 2. The van der Waals surface area contributed by atoms with Gasteiger partial charge in [0.05, 0.1) is 6.20 Å². The lowest BCUT2D eigenvalue weighted by atomic mass is 9.72. The first-order valence-electron chi connectivity index (χ1n) is 18.8. The molecule has 0 saturated carbocycles. The van der Waals surface area contributed by atoms with Gasteiger partial charge in [-0.15, -0.1) is 0 Å². The van der Waals surface area contributed by atoms with Gasteiger partial charge >= 0.3 is 6.09 Å². The highest BCUT2D eigenvalue weighted by Crippen LogP contribution is 2.61. The van der Waals surface area contributed by atoms with Crippen molar-refractivity contribution in [3.8, 4) is 39.8 Å². The van der Waals surface area contributed by atoms with E-state index >= 15 is 0 Å². The van der Waals surface area contributed by atoms with E-state index in [1.54, 1.807) is 6.20 Å². The summed E-state index contributed by atoms with van der Waals surface area (Å²) in [5, 5.41) is 10.8. The van der Waals surface area contributed by atoms with E-state index < -0.39 is 35.7 Å². The summed E-state index contributed by atoms with van der Waals surface area (Å²) in [6.45, 7) is 6.12. The number of anilines is 1. The third-order valence-corrected chi connectivity index (χ3v) is 11.7. The van der Waals surface area contributed by atoms with Gasteiger partial charge in [0.2, 0.25) is 17.7 Å². The molecule has 0 saturated heterocycles. The van der Waals surface area contributed by atoms with E-state index in [0.29, 0.717) is 23.0 Å². The highest BCUT2D eigenvalue weighted by Gasteiger charge is 2.61. The Hall–Kier alpha value is -6.82. The summed E-state index contributed by atoms with van der Waals surface area (Å²) in [7, 11) is 0. The largest absolute Gasteiger partial charge is 0.469 e. The molecule has 4 N–H and O–H groups in total. The molecule has 1 unspecified atom stereocenters. The van der Waals surface area contributed by atoms with Crippen LogP contribution in [-0.4, -0.2) is 39.2 Å². The monoisotopic (exact) mass is 744 g/mol. The van der Waals surface area contributed by atoms with Crippen molar-refractivity contribution in [1.29, 1.82) is 0 Å². The molecule has 12 heteroatoms. The van der Waals surface area contributed by atoms with Crippen LogP contribution in [0.4, 0.5) is 10.5 Å². The maximum Gasteiger partial charge on any atom is 0.408 e. The Kier molecular flexibility index (Phi) is 6.89. The average Bonchev–Trinajstić information content (AvgIpc) is 4.03. The van der Waals surface area contributed by atoms with Crippen molar-refractivity contribution in [2.24, 2.45) is 5.92 Å². The number of aromatic amines is 1. The van der Waals surface area contributed by atoms with Crippen molar-refractivity contribution in [2.75, 3.05) is 5.32 Å². The van der Waals surface area contributed by atoms with Crippen molar-refractivity contribution < 1.29 is 27.9 Å². The number of rotatable bonds is 4. The van der Waals surface area contributed by atoms with Crippen molar-refractivity contribution in [3.05, 3.63) is 131 Å². The summed E-state index contributed by atoms with van der Waals surface area (Å²) in [5.74, 6) is 1.72. The predicted octanol–water partition coefficient (Wildman–Crippen LogP) is 7.91. The molecule has 10 bridgehead atoms. The Bertz CT molecular complexity index is 2770. The number of nitrogens with one attached hydrogen (secondary N) is 4. The van der Waals surface area contributed by atoms with E-state index in [0.717, 1.165) is 61.1 Å². The van der Waals surface area contributed by atoms with Gasteiger partial charge in [-0.3, -0.25) is 4.79 Å². The third-order valence-electron chi connectivity index (χ3n) is 11.7. The molecule has 1 spiro atoms. The van der Waals surface area contributed by atoms with Gasteiger partial charge in [0.1, 0.15) is 29.9 Å². The summed E-state index contributed by atoms with van der Waals surface area (Å²) in [5.41, 5.74) is 8.70. The number of aromatic nitrogens is 3. The zero-order chi connectivity index (χ0) is 37.9. The molecular formula is C44H36N6O6. The summed E-state index contributed by atoms with van der Waals surface area (Å²) in [4.78, 5) is 41.0. The number of benzene rings is 4. The van der Waals surface area contributed by atoms with Crippen LogP contribution in [-0.2, 0) is 28.0 Å². The maximum absolute atomic E-state index is 14.3. The van der Waals surface area contributed by atoms with E-state index in [-0.39, 0.29) is 30.7 Å². The van der Waals surface area contributed by atoms with Crippen molar-refractivity contribution in [2.45, 2.75) is 57.5 Å². The van der Waals surface area contributed by atoms with Gasteiger partial charge in [0.25, 0.3) is 0 Å². The lowest BCUT2D eigenvalue weighted by molar-refractivity contribution is -0.124. The van der Waals surface area contributed by atoms with Crippen LogP contribution >= 0.6 is 0 Å². The van der Waals surface area contributed by atoms with Crippen molar-refractivity contribution in [3.63, 3.8) is 0 Å². The number of aryl methyl sites for hydroxylation is 1. The zero-order valence-corrected chi connectivity index (χ0v) is 30.7. The topological polar surface area (TPSA) is 157 Å². The summed E-state index contributed by atoms with van der Waals surface area (Å²) >= 11 is 0. The number of H-pyrrole nitrogens is 1. The van der Waals surface area contributed by atoms with Crippen molar-refractivity contribution in [1.82, 2.24) is 25.6 Å². The van der Waals surface area contributed by atoms with Crippen LogP contribution in [0.2, 0.25) is 0 Å². The summed E-state index contributed by atoms with van der Waals surface area (Å²) < 4.78 is 26.1. The number of hydrogen-bond donors (Lipinski definition) is 4. The first-order chi connectivity index (χ1) is 27.3. The molecule has 2 amide bonds. The second kappa shape index (κ2) is 11.8. The highest BCUT2D eigenvalue weighted by atomic mass is 16.5.